The van der Waals surface area contributed by atoms with Crippen molar-refractivity contribution in [2.24, 2.45) is 0 Å². The first kappa shape index (κ1) is 13.3. The molecule has 17 heavy (non-hydrogen) atoms. The quantitative estimate of drug-likeness (QED) is 0.688. The second-order valence-corrected chi connectivity index (χ2v) is 3.29. The molecular formula is C10H8F3NO3. The summed E-state index contributed by atoms with van der Waals surface area (Å²) in [6.07, 6.45) is -8.45. The van der Waals surface area contributed by atoms with Gasteiger partial charge in [0, 0.05) is 5.56 Å². The van der Waals surface area contributed by atoms with Crippen LogP contribution in [0.2, 0.25) is 0 Å². The third kappa shape index (κ3) is 2.87. The number of aliphatic hydroxyl groups excluding tert-OH is 2. The van der Waals surface area contributed by atoms with Crippen molar-refractivity contribution in [3.63, 3.8) is 0 Å². The van der Waals surface area contributed by atoms with E-state index >= 15 is 0 Å². The average Bonchev–Trinajstić information content (AvgIpc) is 2.26. The van der Waals surface area contributed by atoms with Crippen LogP contribution in [0.3, 0.4) is 0 Å². The molecular weight excluding hydrogens is 239 g/mol. The molecule has 0 aliphatic carbocycles. The Morgan fingerprint density at radius 1 is 1.24 bits per heavy atom. The third-order valence-corrected chi connectivity index (χ3v) is 2.10. The molecule has 0 bridgehead atoms. The van der Waals surface area contributed by atoms with Crippen molar-refractivity contribution in [3.05, 3.63) is 29.3 Å². The Morgan fingerprint density at radius 3 is 2.29 bits per heavy atom. The van der Waals surface area contributed by atoms with Gasteiger partial charge in [0.1, 0.15) is 11.9 Å². The number of hydrogen-bond donors (Lipinski definition) is 3. The largest absolute Gasteiger partial charge is 0.508 e. The molecule has 1 aromatic rings. The molecule has 0 aromatic heterocycles. The van der Waals surface area contributed by atoms with E-state index in [4.69, 9.17) is 10.4 Å². The third-order valence-electron chi connectivity index (χ3n) is 2.10. The highest BCUT2D eigenvalue weighted by atomic mass is 19.4. The Bertz CT molecular complexity index is 453. The molecule has 92 valence electrons. The van der Waals surface area contributed by atoms with E-state index in [9.17, 15) is 23.4 Å². The monoisotopic (exact) mass is 247 g/mol. The van der Waals surface area contributed by atoms with Crippen molar-refractivity contribution in [1.82, 2.24) is 0 Å². The number of aliphatic hydroxyl groups is 2. The number of alkyl halides is 3. The molecule has 0 heterocycles. The summed E-state index contributed by atoms with van der Waals surface area (Å²) < 4.78 is 37.1. The van der Waals surface area contributed by atoms with Gasteiger partial charge in [-0.25, -0.2) is 0 Å². The number of phenols is 1. The van der Waals surface area contributed by atoms with E-state index in [2.05, 4.69) is 0 Å². The minimum absolute atomic E-state index is 0.487. The van der Waals surface area contributed by atoms with Gasteiger partial charge in [0.2, 0.25) is 0 Å². The van der Waals surface area contributed by atoms with E-state index < -0.39 is 35.3 Å². The van der Waals surface area contributed by atoms with Crippen molar-refractivity contribution >= 4 is 0 Å². The molecule has 0 saturated heterocycles. The van der Waals surface area contributed by atoms with Crippen LogP contribution in [0.5, 0.6) is 5.75 Å². The van der Waals surface area contributed by atoms with Gasteiger partial charge in [0.05, 0.1) is 11.6 Å². The van der Waals surface area contributed by atoms with Crippen molar-refractivity contribution in [3.8, 4) is 11.8 Å². The number of phenolic OH excluding ortho intramolecular Hbond substituents is 1. The summed E-state index contributed by atoms with van der Waals surface area (Å²) in [5.74, 6) is -0.625. The van der Waals surface area contributed by atoms with Gasteiger partial charge in [-0.15, -0.1) is 0 Å². The SMILES string of the molecule is N#CC(O)C(O)c1cc(C(F)(F)F)ccc1O. The van der Waals surface area contributed by atoms with Crippen LogP contribution in [-0.2, 0) is 6.18 Å². The van der Waals surface area contributed by atoms with Crippen LogP contribution in [0.1, 0.15) is 17.2 Å². The second kappa shape index (κ2) is 4.61. The molecule has 0 radical (unpaired) electrons. The van der Waals surface area contributed by atoms with Gasteiger partial charge in [0.15, 0.2) is 6.10 Å². The first-order chi connectivity index (χ1) is 7.77. The molecule has 0 aliphatic rings. The highest BCUT2D eigenvalue weighted by Crippen LogP contribution is 2.35. The maximum absolute atomic E-state index is 12.4. The van der Waals surface area contributed by atoms with Crippen molar-refractivity contribution in [2.75, 3.05) is 0 Å². The van der Waals surface area contributed by atoms with Crippen LogP contribution in [-0.4, -0.2) is 21.4 Å². The van der Waals surface area contributed by atoms with E-state index in [1.807, 2.05) is 0 Å². The average molecular weight is 247 g/mol. The summed E-state index contributed by atoms with van der Waals surface area (Å²) in [6.45, 7) is 0. The number of halogens is 3. The summed E-state index contributed by atoms with van der Waals surface area (Å²) in [4.78, 5) is 0. The molecule has 1 rings (SSSR count). The lowest BCUT2D eigenvalue weighted by Crippen LogP contribution is -2.17. The maximum atomic E-state index is 12.4. The van der Waals surface area contributed by atoms with Gasteiger partial charge in [0.25, 0.3) is 0 Å². The molecule has 0 saturated carbocycles. The lowest BCUT2D eigenvalue weighted by Gasteiger charge is -2.15. The van der Waals surface area contributed by atoms with E-state index in [0.717, 1.165) is 6.07 Å². The fourth-order valence-electron chi connectivity index (χ4n) is 1.21. The highest BCUT2D eigenvalue weighted by molar-refractivity contribution is 5.39. The zero-order valence-electron chi connectivity index (χ0n) is 8.31. The van der Waals surface area contributed by atoms with Gasteiger partial charge < -0.3 is 15.3 Å². The van der Waals surface area contributed by atoms with Gasteiger partial charge in [-0.3, -0.25) is 0 Å². The molecule has 2 unspecified atom stereocenters. The Kier molecular flexibility index (Phi) is 3.60. The van der Waals surface area contributed by atoms with Gasteiger partial charge >= 0.3 is 6.18 Å². The van der Waals surface area contributed by atoms with Crippen molar-refractivity contribution < 1.29 is 28.5 Å². The fraction of sp³-hybridized carbons (Fsp3) is 0.300. The molecule has 0 amide bonds. The predicted octanol–water partition coefficient (Wildman–Crippen LogP) is 1.33. The van der Waals surface area contributed by atoms with Crippen LogP contribution in [0.25, 0.3) is 0 Å². The number of aromatic hydroxyl groups is 1. The molecule has 0 fully saturated rings. The first-order valence-electron chi connectivity index (χ1n) is 4.43. The summed E-state index contributed by atoms with van der Waals surface area (Å²) in [6, 6.07) is 3.12. The normalized spacial score (nSPS) is 15.1. The van der Waals surface area contributed by atoms with Crippen LogP contribution < -0.4 is 0 Å². The molecule has 7 heteroatoms. The minimum Gasteiger partial charge on any atom is -0.508 e. The highest BCUT2D eigenvalue weighted by Gasteiger charge is 2.32. The van der Waals surface area contributed by atoms with E-state index in [0.29, 0.717) is 12.1 Å². The fourth-order valence-corrected chi connectivity index (χ4v) is 1.21. The summed E-state index contributed by atoms with van der Waals surface area (Å²) in [5, 5.41) is 35.9. The van der Waals surface area contributed by atoms with Crippen LogP contribution in [0, 0.1) is 11.3 Å². The molecule has 2 atom stereocenters. The summed E-state index contributed by atoms with van der Waals surface area (Å²) >= 11 is 0. The summed E-state index contributed by atoms with van der Waals surface area (Å²) in [5.41, 5.74) is -1.64. The number of nitrogens with zero attached hydrogens (tertiary/aromatic N) is 1. The van der Waals surface area contributed by atoms with Crippen molar-refractivity contribution in [1.29, 1.82) is 5.26 Å². The lowest BCUT2D eigenvalue weighted by atomic mass is 10.0. The van der Waals surface area contributed by atoms with Crippen LogP contribution >= 0.6 is 0 Å². The Hall–Kier alpha value is -1.78. The smallest absolute Gasteiger partial charge is 0.416 e. The molecule has 4 nitrogen and oxygen atoms in total. The Labute approximate surface area is 94.2 Å². The number of hydrogen-bond acceptors (Lipinski definition) is 4. The standard InChI is InChI=1S/C10H8F3NO3/c11-10(12,13)5-1-2-7(15)6(3-5)9(17)8(16)4-14/h1-3,8-9,15-17H. The van der Waals surface area contributed by atoms with E-state index in [1.165, 1.54) is 6.07 Å². The molecule has 3 N–H and O–H groups in total. The Morgan fingerprint density at radius 2 is 1.82 bits per heavy atom. The van der Waals surface area contributed by atoms with Gasteiger partial charge in [-0.05, 0) is 18.2 Å². The predicted molar refractivity (Wildman–Crippen MR) is 49.7 cm³/mol. The van der Waals surface area contributed by atoms with Crippen LogP contribution in [0.15, 0.2) is 18.2 Å². The Balaban J connectivity index is 3.21. The minimum atomic E-state index is -4.64. The van der Waals surface area contributed by atoms with E-state index in [1.54, 1.807) is 0 Å². The van der Waals surface area contributed by atoms with Crippen molar-refractivity contribution in [2.45, 2.75) is 18.4 Å². The first-order valence-corrected chi connectivity index (χ1v) is 4.43. The summed E-state index contributed by atoms with van der Waals surface area (Å²) in [7, 11) is 0. The molecule has 0 spiro atoms. The van der Waals surface area contributed by atoms with Crippen LogP contribution in [0.4, 0.5) is 13.2 Å². The molecule has 0 aliphatic heterocycles. The zero-order chi connectivity index (χ0) is 13.2. The van der Waals surface area contributed by atoms with Gasteiger partial charge in [-0.1, -0.05) is 0 Å². The zero-order valence-corrected chi connectivity index (χ0v) is 8.31. The van der Waals surface area contributed by atoms with Gasteiger partial charge in [-0.2, -0.15) is 18.4 Å². The topological polar surface area (TPSA) is 84.5 Å². The maximum Gasteiger partial charge on any atom is 0.416 e. The second-order valence-electron chi connectivity index (χ2n) is 3.29. The number of nitriles is 1. The van der Waals surface area contributed by atoms with E-state index in [-0.39, 0.29) is 0 Å². The lowest BCUT2D eigenvalue weighted by molar-refractivity contribution is -0.137. The molecule has 1 aromatic carbocycles. The number of rotatable bonds is 2. The number of benzene rings is 1.